The lowest BCUT2D eigenvalue weighted by molar-refractivity contribution is -0.125. The Bertz CT molecular complexity index is 1210. The van der Waals surface area contributed by atoms with E-state index in [0.29, 0.717) is 42.0 Å². The van der Waals surface area contributed by atoms with Gasteiger partial charge in [0.15, 0.2) is 11.5 Å². The Morgan fingerprint density at radius 3 is 2.35 bits per heavy atom. The average molecular weight is 506 g/mol. The second-order valence-corrected chi connectivity index (χ2v) is 9.22. The molecule has 2 N–H and O–H groups in total. The Kier molecular flexibility index (Phi) is 8.32. The number of nitrogens with zero attached hydrogens (tertiary/aromatic N) is 3. The molecule has 1 fully saturated rings. The summed E-state index contributed by atoms with van der Waals surface area (Å²) < 4.78 is 16.3. The number of piperidine rings is 1. The van der Waals surface area contributed by atoms with E-state index in [4.69, 9.17) is 19.2 Å². The van der Waals surface area contributed by atoms with Crippen LogP contribution in [0.25, 0.3) is 0 Å². The molecule has 9 heteroatoms. The van der Waals surface area contributed by atoms with Crippen LogP contribution < -0.4 is 29.7 Å². The number of hydrogen-bond donors (Lipinski definition) is 2. The quantitative estimate of drug-likeness (QED) is 0.442. The summed E-state index contributed by atoms with van der Waals surface area (Å²) in [6.07, 6.45) is 1.78. The van der Waals surface area contributed by atoms with Crippen LogP contribution in [-0.2, 0) is 11.3 Å². The van der Waals surface area contributed by atoms with Crippen molar-refractivity contribution in [3.8, 4) is 17.2 Å². The first-order valence-corrected chi connectivity index (χ1v) is 12.4. The van der Waals surface area contributed by atoms with Crippen LogP contribution in [0.2, 0.25) is 0 Å². The number of rotatable bonds is 9. The Labute approximate surface area is 218 Å². The molecule has 0 spiro atoms. The number of ether oxygens (including phenoxy) is 3. The van der Waals surface area contributed by atoms with E-state index in [2.05, 4.69) is 51.7 Å². The van der Waals surface area contributed by atoms with Crippen molar-refractivity contribution < 1.29 is 19.0 Å². The number of methoxy groups -OCH3 is 3. The van der Waals surface area contributed by atoms with Crippen molar-refractivity contribution in [3.05, 3.63) is 59.3 Å². The Morgan fingerprint density at radius 1 is 1.00 bits per heavy atom. The zero-order valence-corrected chi connectivity index (χ0v) is 22.1. The predicted molar refractivity (Wildman–Crippen MR) is 144 cm³/mol. The molecule has 2 heterocycles. The van der Waals surface area contributed by atoms with E-state index >= 15 is 0 Å². The molecule has 1 atom stereocenters. The van der Waals surface area contributed by atoms with Crippen molar-refractivity contribution in [2.45, 2.75) is 33.2 Å². The number of amides is 1. The minimum atomic E-state index is -0.0963. The molecule has 3 aromatic rings. The van der Waals surface area contributed by atoms with E-state index in [0.717, 1.165) is 36.5 Å². The van der Waals surface area contributed by atoms with Gasteiger partial charge in [0.1, 0.15) is 5.82 Å². The van der Waals surface area contributed by atoms with Gasteiger partial charge in [0.2, 0.25) is 17.6 Å². The molecular formula is C28H35N5O4. The van der Waals surface area contributed by atoms with Gasteiger partial charge in [-0.15, -0.1) is 0 Å². The number of hydrogen-bond acceptors (Lipinski definition) is 8. The van der Waals surface area contributed by atoms with Crippen molar-refractivity contribution in [1.82, 2.24) is 15.3 Å². The van der Waals surface area contributed by atoms with Crippen molar-refractivity contribution in [2.75, 3.05) is 44.6 Å². The van der Waals surface area contributed by atoms with E-state index in [1.54, 1.807) is 21.3 Å². The van der Waals surface area contributed by atoms with Crippen LogP contribution in [0, 0.1) is 19.8 Å². The van der Waals surface area contributed by atoms with Gasteiger partial charge in [-0.1, -0.05) is 29.8 Å². The normalized spacial score (nSPS) is 15.2. The minimum absolute atomic E-state index is 0.0758. The van der Waals surface area contributed by atoms with Crippen LogP contribution in [0.3, 0.4) is 0 Å². The lowest BCUT2D eigenvalue weighted by Crippen LogP contribution is -2.43. The zero-order valence-electron chi connectivity index (χ0n) is 22.1. The second kappa shape index (κ2) is 11.8. The summed E-state index contributed by atoms with van der Waals surface area (Å²) in [6, 6.07) is 13.8. The van der Waals surface area contributed by atoms with Crippen molar-refractivity contribution in [3.63, 3.8) is 0 Å². The number of carbonyl (C=O) groups is 1. The molecule has 1 aliphatic heterocycles. The summed E-state index contributed by atoms with van der Waals surface area (Å²) in [7, 11) is 4.72. The van der Waals surface area contributed by atoms with Gasteiger partial charge in [-0.3, -0.25) is 4.79 Å². The fourth-order valence-electron chi connectivity index (χ4n) is 4.49. The number of benzene rings is 2. The smallest absolute Gasteiger partial charge is 0.229 e. The molecule has 4 rings (SSSR count). The number of anilines is 3. The molecule has 0 aliphatic carbocycles. The molecule has 37 heavy (non-hydrogen) atoms. The van der Waals surface area contributed by atoms with Crippen LogP contribution in [0.4, 0.5) is 17.5 Å². The first-order chi connectivity index (χ1) is 17.9. The van der Waals surface area contributed by atoms with Crippen LogP contribution in [0.5, 0.6) is 17.2 Å². The third kappa shape index (κ3) is 6.41. The Hall–Kier alpha value is -4.01. The predicted octanol–water partition coefficient (Wildman–Crippen LogP) is 4.40. The molecular weight excluding hydrogens is 470 g/mol. The van der Waals surface area contributed by atoms with Crippen LogP contribution in [-0.4, -0.2) is 50.3 Å². The standard InChI is InChI=1S/C28H35N5O4/c1-18-8-10-20(11-9-18)16-29-27(34)21-7-6-12-33(17-21)25-13-19(2)30-28(32-25)31-22-14-23(35-3)26(37-5)24(15-22)36-4/h8-11,13-15,21H,6-7,12,16-17H2,1-5H3,(H,29,34)(H,30,31,32). The fourth-order valence-corrected chi connectivity index (χ4v) is 4.49. The molecule has 1 aliphatic rings. The van der Waals surface area contributed by atoms with Crippen molar-refractivity contribution in [1.29, 1.82) is 0 Å². The molecule has 196 valence electrons. The summed E-state index contributed by atoms with van der Waals surface area (Å²) in [5.74, 6) is 2.81. The number of aromatic nitrogens is 2. The molecule has 1 unspecified atom stereocenters. The topological polar surface area (TPSA) is 97.8 Å². The SMILES string of the molecule is COc1cc(Nc2nc(C)cc(N3CCCC(C(=O)NCc4ccc(C)cc4)C3)n2)cc(OC)c1OC. The summed E-state index contributed by atoms with van der Waals surface area (Å²) in [4.78, 5) is 24.4. The van der Waals surface area contributed by atoms with Gasteiger partial charge in [-0.2, -0.15) is 4.98 Å². The summed E-state index contributed by atoms with van der Waals surface area (Å²) in [5.41, 5.74) is 3.83. The van der Waals surface area contributed by atoms with Gasteiger partial charge in [0.05, 0.1) is 27.2 Å². The first kappa shape index (κ1) is 26.1. The first-order valence-electron chi connectivity index (χ1n) is 12.4. The van der Waals surface area contributed by atoms with Gasteiger partial charge in [0, 0.05) is 49.2 Å². The molecule has 2 aromatic carbocycles. The van der Waals surface area contributed by atoms with E-state index < -0.39 is 0 Å². The van der Waals surface area contributed by atoms with Crippen LogP contribution >= 0.6 is 0 Å². The molecule has 1 saturated heterocycles. The highest BCUT2D eigenvalue weighted by Crippen LogP contribution is 2.40. The minimum Gasteiger partial charge on any atom is -0.493 e. The maximum Gasteiger partial charge on any atom is 0.229 e. The molecule has 9 nitrogen and oxygen atoms in total. The van der Waals surface area contributed by atoms with Gasteiger partial charge in [-0.25, -0.2) is 4.98 Å². The lowest BCUT2D eigenvalue weighted by Gasteiger charge is -2.33. The Morgan fingerprint density at radius 2 is 1.70 bits per heavy atom. The maximum absolute atomic E-state index is 12.9. The van der Waals surface area contributed by atoms with E-state index in [1.165, 1.54) is 5.56 Å². The highest BCUT2D eigenvalue weighted by atomic mass is 16.5. The summed E-state index contributed by atoms with van der Waals surface area (Å²) in [5, 5.41) is 6.36. The molecule has 1 aromatic heterocycles. The largest absolute Gasteiger partial charge is 0.493 e. The highest BCUT2D eigenvalue weighted by Gasteiger charge is 2.27. The fraction of sp³-hybridized carbons (Fsp3) is 0.393. The average Bonchev–Trinajstić information content (AvgIpc) is 2.91. The van der Waals surface area contributed by atoms with Gasteiger partial charge in [-0.05, 0) is 32.3 Å². The summed E-state index contributed by atoms with van der Waals surface area (Å²) in [6.45, 7) is 5.97. The third-order valence-electron chi connectivity index (χ3n) is 6.47. The van der Waals surface area contributed by atoms with Gasteiger partial charge < -0.3 is 29.7 Å². The molecule has 0 radical (unpaired) electrons. The van der Waals surface area contributed by atoms with Gasteiger partial charge in [0.25, 0.3) is 0 Å². The van der Waals surface area contributed by atoms with Crippen LogP contribution in [0.1, 0.15) is 29.7 Å². The van der Waals surface area contributed by atoms with Crippen molar-refractivity contribution >= 4 is 23.4 Å². The molecule has 1 amide bonds. The molecule has 0 saturated carbocycles. The number of carbonyl (C=O) groups excluding carboxylic acids is 1. The second-order valence-electron chi connectivity index (χ2n) is 9.22. The third-order valence-corrected chi connectivity index (χ3v) is 6.47. The van der Waals surface area contributed by atoms with E-state index in [-0.39, 0.29) is 11.8 Å². The maximum atomic E-state index is 12.9. The monoisotopic (exact) mass is 505 g/mol. The zero-order chi connectivity index (χ0) is 26.4. The van der Waals surface area contributed by atoms with Crippen LogP contribution in [0.15, 0.2) is 42.5 Å². The number of aryl methyl sites for hydroxylation is 2. The van der Waals surface area contributed by atoms with E-state index in [1.807, 2.05) is 25.1 Å². The van der Waals surface area contributed by atoms with Gasteiger partial charge >= 0.3 is 0 Å². The number of nitrogens with one attached hydrogen (secondary N) is 2. The highest BCUT2D eigenvalue weighted by molar-refractivity contribution is 5.79. The summed E-state index contributed by atoms with van der Waals surface area (Å²) >= 11 is 0. The van der Waals surface area contributed by atoms with Crippen molar-refractivity contribution in [2.24, 2.45) is 5.92 Å². The van der Waals surface area contributed by atoms with E-state index in [9.17, 15) is 4.79 Å². The Balaban J connectivity index is 1.46. The lowest BCUT2D eigenvalue weighted by atomic mass is 9.97. The molecule has 0 bridgehead atoms.